The van der Waals surface area contributed by atoms with Crippen molar-refractivity contribution in [2.75, 3.05) is 26.5 Å². The number of carbonyl (C=O) groups is 2. The highest BCUT2D eigenvalue weighted by Gasteiger charge is 2.26. The van der Waals surface area contributed by atoms with Crippen LogP contribution in [0.3, 0.4) is 0 Å². The van der Waals surface area contributed by atoms with Crippen LogP contribution in [0.5, 0.6) is 5.75 Å². The van der Waals surface area contributed by atoms with Crippen LogP contribution in [0.1, 0.15) is 36.0 Å². The maximum Gasteiger partial charge on any atom is 0.253 e. The summed E-state index contributed by atoms with van der Waals surface area (Å²) in [6.45, 7) is 0. The highest BCUT2D eigenvalue weighted by Crippen LogP contribution is 2.29. The Hall–Kier alpha value is -2.08. The lowest BCUT2D eigenvalue weighted by atomic mass is 10.00. The zero-order valence-corrected chi connectivity index (χ0v) is 14.0. The number of nitrogens with zero attached hydrogens (tertiary/aromatic N) is 1. The van der Waals surface area contributed by atoms with Crippen molar-refractivity contribution in [3.63, 3.8) is 0 Å². The van der Waals surface area contributed by atoms with Crippen molar-refractivity contribution < 1.29 is 14.3 Å². The van der Waals surface area contributed by atoms with Gasteiger partial charge >= 0.3 is 0 Å². The van der Waals surface area contributed by atoms with Crippen molar-refractivity contribution >= 4 is 17.5 Å². The number of nitrogens with one attached hydrogen (secondary N) is 1. The highest BCUT2D eigenvalue weighted by atomic mass is 16.5. The molecule has 0 bridgehead atoms. The molecule has 1 aliphatic rings. The van der Waals surface area contributed by atoms with Crippen LogP contribution in [0.4, 0.5) is 5.69 Å². The Morgan fingerprint density at radius 1 is 1.35 bits per heavy atom. The van der Waals surface area contributed by atoms with E-state index in [1.54, 1.807) is 32.3 Å². The average Bonchev–Trinajstić information content (AvgIpc) is 2.91. The van der Waals surface area contributed by atoms with Crippen molar-refractivity contribution in [2.45, 2.75) is 31.7 Å². The number of methoxy groups -OCH3 is 1. The predicted molar refractivity (Wildman–Crippen MR) is 89.6 cm³/mol. The molecule has 2 rings (SSSR count). The van der Waals surface area contributed by atoms with E-state index in [4.69, 9.17) is 10.5 Å². The minimum Gasteiger partial charge on any atom is -0.495 e. The van der Waals surface area contributed by atoms with Crippen molar-refractivity contribution in [2.24, 2.45) is 11.7 Å². The second-order valence-corrected chi connectivity index (χ2v) is 6.22. The van der Waals surface area contributed by atoms with Gasteiger partial charge in [0, 0.05) is 32.1 Å². The first kappa shape index (κ1) is 17.3. The van der Waals surface area contributed by atoms with Crippen molar-refractivity contribution in [1.29, 1.82) is 0 Å². The smallest absolute Gasteiger partial charge is 0.253 e. The van der Waals surface area contributed by atoms with E-state index in [9.17, 15) is 9.59 Å². The molecule has 1 aromatic carbocycles. The van der Waals surface area contributed by atoms with Gasteiger partial charge in [-0.1, -0.05) is 6.42 Å². The molecular weight excluding hydrogens is 294 g/mol. The zero-order chi connectivity index (χ0) is 17.0. The Kier molecular flexibility index (Phi) is 5.60. The number of ether oxygens (including phenoxy) is 1. The summed E-state index contributed by atoms with van der Waals surface area (Å²) in [4.78, 5) is 25.7. The van der Waals surface area contributed by atoms with Crippen molar-refractivity contribution in [3.8, 4) is 5.75 Å². The molecule has 126 valence electrons. The summed E-state index contributed by atoms with van der Waals surface area (Å²) in [5.41, 5.74) is 7.10. The summed E-state index contributed by atoms with van der Waals surface area (Å²) < 4.78 is 5.30. The lowest BCUT2D eigenvalue weighted by Gasteiger charge is -2.17. The molecule has 1 aromatic rings. The number of hydrogen-bond donors (Lipinski definition) is 2. The maximum absolute atomic E-state index is 12.2. The van der Waals surface area contributed by atoms with E-state index in [0.29, 0.717) is 23.4 Å². The molecule has 0 heterocycles. The van der Waals surface area contributed by atoms with E-state index in [1.807, 2.05) is 0 Å². The molecule has 0 radical (unpaired) electrons. The summed E-state index contributed by atoms with van der Waals surface area (Å²) >= 11 is 0. The summed E-state index contributed by atoms with van der Waals surface area (Å²) in [5.74, 6) is 0.535. The van der Waals surface area contributed by atoms with Crippen LogP contribution < -0.4 is 15.8 Å². The van der Waals surface area contributed by atoms with E-state index in [1.165, 1.54) is 12.0 Å². The second-order valence-electron chi connectivity index (χ2n) is 6.22. The molecular formula is C17H25N3O3. The molecule has 2 amide bonds. The van der Waals surface area contributed by atoms with Crippen LogP contribution in [-0.2, 0) is 4.79 Å². The minimum atomic E-state index is -0.113. The number of rotatable bonds is 5. The second kappa shape index (κ2) is 7.46. The SMILES string of the molecule is COc1cc(C(=O)N(C)C)ccc1NC(=O)C[C@@H]1CCC[C@H]1N. The first-order valence-corrected chi connectivity index (χ1v) is 7.87. The van der Waals surface area contributed by atoms with Crippen molar-refractivity contribution in [3.05, 3.63) is 23.8 Å². The Morgan fingerprint density at radius 2 is 2.09 bits per heavy atom. The maximum atomic E-state index is 12.2. The Morgan fingerprint density at radius 3 is 2.65 bits per heavy atom. The molecule has 6 nitrogen and oxygen atoms in total. The quantitative estimate of drug-likeness (QED) is 0.867. The summed E-state index contributed by atoms with van der Waals surface area (Å²) in [7, 11) is 4.90. The lowest BCUT2D eigenvalue weighted by Crippen LogP contribution is -2.28. The number of benzene rings is 1. The molecule has 23 heavy (non-hydrogen) atoms. The first-order valence-electron chi connectivity index (χ1n) is 7.87. The number of nitrogens with two attached hydrogens (primary N) is 1. The molecule has 1 fully saturated rings. The van der Waals surface area contributed by atoms with Crippen LogP contribution in [0.25, 0.3) is 0 Å². The zero-order valence-electron chi connectivity index (χ0n) is 14.0. The third-order valence-electron chi connectivity index (χ3n) is 4.29. The van der Waals surface area contributed by atoms with Gasteiger partial charge in [-0.3, -0.25) is 9.59 Å². The fraction of sp³-hybridized carbons (Fsp3) is 0.529. The molecule has 0 unspecified atom stereocenters. The lowest BCUT2D eigenvalue weighted by molar-refractivity contribution is -0.117. The van der Waals surface area contributed by atoms with Gasteiger partial charge in [0.2, 0.25) is 5.91 Å². The van der Waals surface area contributed by atoms with E-state index in [-0.39, 0.29) is 23.8 Å². The van der Waals surface area contributed by atoms with Crippen molar-refractivity contribution in [1.82, 2.24) is 4.90 Å². The minimum absolute atomic E-state index is 0.0719. The Balaban J connectivity index is 2.07. The van der Waals surface area contributed by atoms with Gasteiger partial charge in [0.1, 0.15) is 5.75 Å². The molecule has 0 aliphatic heterocycles. The summed E-state index contributed by atoms with van der Waals surface area (Å²) in [6, 6.07) is 5.13. The predicted octanol–water partition coefficient (Wildman–Crippen LogP) is 1.85. The standard InChI is InChI=1S/C17H25N3O3/c1-20(2)17(22)12-7-8-14(15(9-12)23-3)19-16(21)10-11-5-4-6-13(11)18/h7-9,11,13H,4-6,10,18H2,1-3H3,(H,19,21)/t11-,13+/m0/s1. The van der Waals surface area contributed by atoms with E-state index < -0.39 is 0 Å². The van der Waals surface area contributed by atoms with Gasteiger partial charge in [0.15, 0.2) is 0 Å². The molecule has 1 saturated carbocycles. The summed E-state index contributed by atoms with van der Waals surface area (Å²) in [6.07, 6.45) is 3.50. The van der Waals surface area contributed by atoms with E-state index in [2.05, 4.69) is 5.32 Å². The number of hydrogen-bond acceptors (Lipinski definition) is 4. The van der Waals surface area contributed by atoms with Crippen LogP contribution in [0.2, 0.25) is 0 Å². The molecule has 2 atom stereocenters. The van der Waals surface area contributed by atoms with Gasteiger partial charge in [-0.25, -0.2) is 0 Å². The highest BCUT2D eigenvalue weighted by molar-refractivity contribution is 5.97. The fourth-order valence-electron chi connectivity index (χ4n) is 2.94. The van der Waals surface area contributed by atoms with Gasteiger partial charge < -0.3 is 20.7 Å². The molecule has 0 spiro atoms. The number of carbonyl (C=O) groups excluding carboxylic acids is 2. The Bertz CT molecular complexity index is 586. The number of anilines is 1. The van der Waals surface area contributed by atoms with Crippen LogP contribution >= 0.6 is 0 Å². The molecule has 3 N–H and O–H groups in total. The molecule has 1 aliphatic carbocycles. The van der Waals surface area contributed by atoms with Crippen LogP contribution in [-0.4, -0.2) is 44.0 Å². The van der Waals surface area contributed by atoms with Gasteiger partial charge in [-0.05, 0) is 37.0 Å². The van der Waals surface area contributed by atoms with Crippen LogP contribution in [0.15, 0.2) is 18.2 Å². The van der Waals surface area contributed by atoms with Gasteiger partial charge in [-0.15, -0.1) is 0 Å². The largest absolute Gasteiger partial charge is 0.495 e. The molecule has 0 aromatic heterocycles. The average molecular weight is 319 g/mol. The normalized spacial score (nSPS) is 20.2. The van der Waals surface area contributed by atoms with Gasteiger partial charge in [0.25, 0.3) is 5.91 Å². The van der Waals surface area contributed by atoms with Crippen LogP contribution in [0, 0.1) is 5.92 Å². The first-order chi connectivity index (χ1) is 10.9. The topological polar surface area (TPSA) is 84.7 Å². The van der Waals surface area contributed by atoms with E-state index >= 15 is 0 Å². The van der Waals surface area contributed by atoms with E-state index in [0.717, 1.165) is 19.3 Å². The fourth-order valence-corrected chi connectivity index (χ4v) is 2.94. The molecule has 6 heteroatoms. The van der Waals surface area contributed by atoms with Gasteiger partial charge in [-0.2, -0.15) is 0 Å². The monoisotopic (exact) mass is 319 g/mol. The summed E-state index contributed by atoms with van der Waals surface area (Å²) in [5, 5.41) is 2.86. The third kappa shape index (κ3) is 4.22. The molecule has 0 saturated heterocycles. The Labute approximate surface area is 137 Å². The third-order valence-corrected chi connectivity index (χ3v) is 4.29. The van der Waals surface area contributed by atoms with Gasteiger partial charge in [0.05, 0.1) is 12.8 Å². The number of amides is 2.